The number of carbonyl (C=O) groups is 2. The van der Waals surface area contributed by atoms with Gasteiger partial charge in [-0.05, 0) is 54.0 Å². The molecule has 1 saturated heterocycles. The van der Waals surface area contributed by atoms with E-state index in [1.54, 1.807) is 30.3 Å². The number of alkyl halides is 6. The minimum atomic E-state index is -5.10. The van der Waals surface area contributed by atoms with Crippen molar-refractivity contribution in [3.63, 3.8) is 0 Å². The molecule has 1 heterocycles. The maximum Gasteiger partial charge on any atom is 0.416 e. The highest BCUT2D eigenvalue weighted by atomic mass is 19.4. The van der Waals surface area contributed by atoms with Crippen LogP contribution in [-0.2, 0) is 23.6 Å². The van der Waals surface area contributed by atoms with Crippen LogP contribution in [0.4, 0.5) is 30.7 Å². The van der Waals surface area contributed by atoms with E-state index >= 15 is 0 Å². The van der Waals surface area contributed by atoms with Gasteiger partial charge < -0.3 is 9.80 Å². The number of hydrogen-bond acceptors (Lipinski definition) is 2. The molecule has 1 fully saturated rings. The average Bonchev–Trinajstić information content (AvgIpc) is 2.91. The quantitative estimate of drug-likeness (QED) is 0.263. The predicted molar refractivity (Wildman–Crippen MR) is 133 cm³/mol. The van der Waals surface area contributed by atoms with Crippen LogP contribution in [0.25, 0.3) is 6.08 Å². The van der Waals surface area contributed by atoms with Crippen LogP contribution in [-0.4, -0.2) is 47.3 Å². The molecule has 0 unspecified atom stereocenters. The summed E-state index contributed by atoms with van der Waals surface area (Å²) < 4.78 is 93.5. The summed E-state index contributed by atoms with van der Waals surface area (Å²) >= 11 is 0. The number of carbonyl (C=O) groups excluding carboxylic acids is 2. The van der Waals surface area contributed by atoms with Gasteiger partial charge in [0.2, 0.25) is 5.91 Å². The lowest BCUT2D eigenvalue weighted by atomic mass is 9.99. The number of halogens is 7. The van der Waals surface area contributed by atoms with Gasteiger partial charge in [0.15, 0.2) is 0 Å². The Hall–Kier alpha value is -4.15. The van der Waals surface area contributed by atoms with E-state index in [0.717, 1.165) is 5.56 Å². The number of amides is 2. The zero-order valence-electron chi connectivity index (χ0n) is 20.8. The SMILES string of the molecule is O=C(/C=C/c1ccc(F)cc1)N1CCN(C(=O)c2cc(C(F)(F)F)cc(C(F)(F)F)c2)[C@H](Cc2ccccc2)C1. The van der Waals surface area contributed by atoms with Gasteiger partial charge in [0.25, 0.3) is 5.91 Å². The molecule has 3 aromatic rings. The molecule has 210 valence electrons. The summed E-state index contributed by atoms with van der Waals surface area (Å²) in [5.74, 6) is -1.84. The van der Waals surface area contributed by atoms with Gasteiger partial charge in [-0.3, -0.25) is 9.59 Å². The summed E-state index contributed by atoms with van der Waals surface area (Å²) in [5.41, 5.74) is -2.55. The van der Waals surface area contributed by atoms with Crippen LogP contribution in [0, 0.1) is 5.82 Å². The van der Waals surface area contributed by atoms with Gasteiger partial charge in [0, 0.05) is 31.3 Å². The summed E-state index contributed by atoms with van der Waals surface area (Å²) in [4.78, 5) is 29.0. The van der Waals surface area contributed by atoms with Crippen molar-refractivity contribution in [3.05, 3.63) is 113 Å². The Bertz CT molecular complexity index is 1350. The molecule has 0 N–H and O–H groups in total. The lowest BCUT2D eigenvalue weighted by molar-refractivity contribution is -0.143. The molecule has 0 saturated carbocycles. The van der Waals surface area contributed by atoms with Crippen LogP contribution < -0.4 is 0 Å². The molecule has 0 aromatic heterocycles. The molecular formula is C29H23F7N2O2. The molecule has 0 bridgehead atoms. The molecule has 0 aliphatic carbocycles. The van der Waals surface area contributed by atoms with Gasteiger partial charge in [-0.1, -0.05) is 42.5 Å². The van der Waals surface area contributed by atoms with Gasteiger partial charge in [0.1, 0.15) is 5.82 Å². The summed E-state index contributed by atoms with van der Waals surface area (Å²) in [6.07, 6.45) is -7.20. The Morgan fingerprint density at radius 1 is 0.825 bits per heavy atom. The van der Waals surface area contributed by atoms with Gasteiger partial charge in [0.05, 0.1) is 17.2 Å². The second kappa shape index (κ2) is 11.5. The van der Waals surface area contributed by atoms with E-state index in [1.165, 1.54) is 46.2 Å². The molecule has 4 rings (SSSR count). The highest BCUT2D eigenvalue weighted by molar-refractivity contribution is 5.96. The van der Waals surface area contributed by atoms with Crippen LogP contribution in [0.5, 0.6) is 0 Å². The van der Waals surface area contributed by atoms with E-state index in [4.69, 9.17) is 0 Å². The number of hydrogen-bond donors (Lipinski definition) is 0. The van der Waals surface area contributed by atoms with Crippen molar-refractivity contribution in [1.29, 1.82) is 0 Å². The molecule has 2 amide bonds. The minimum absolute atomic E-state index is 0.00167. The lowest BCUT2D eigenvalue weighted by Gasteiger charge is -2.41. The highest BCUT2D eigenvalue weighted by Crippen LogP contribution is 2.37. The van der Waals surface area contributed by atoms with E-state index < -0.39 is 52.7 Å². The fourth-order valence-electron chi connectivity index (χ4n) is 4.47. The van der Waals surface area contributed by atoms with E-state index in [-0.39, 0.29) is 32.1 Å². The van der Waals surface area contributed by atoms with Crippen molar-refractivity contribution in [2.75, 3.05) is 19.6 Å². The van der Waals surface area contributed by atoms with Gasteiger partial charge >= 0.3 is 12.4 Å². The zero-order valence-corrected chi connectivity index (χ0v) is 20.8. The first-order chi connectivity index (χ1) is 18.8. The summed E-state index contributed by atoms with van der Waals surface area (Å²) in [6.45, 7) is -0.100. The minimum Gasteiger partial charge on any atom is -0.335 e. The Morgan fingerprint density at radius 3 is 2.00 bits per heavy atom. The first-order valence-corrected chi connectivity index (χ1v) is 12.2. The largest absolute Gasteiger partial charge is 0.416 e. The maximum atomic E-state index is 13.4. The smallest absolute Gasteiger partial charge is 0.335 e. The maximum absolute atomic E-state index is 13.4. The van der Waals surface area contributed by atoms with Crippen molar-refractivity contribution < 1.29 is 40.3 Å². The zero-order chi connectivity index (χ0) is 29.1. The van der Waals surface area contributed by atoms with Crippen LogP contribution in [0.1, 0.15) is 32.6 Å². The fraction of sp³-hybridized carbons (Fsp3) is 0.241. The molecule has 40 heavy (non-hydrogen) atoms. The molecule has 0 spiro atoms. The molecular weight excluding hydrogens is 541 g/mol. The van der Waals surface area contributed by atoms with E-state index in [2.05, 4.69) is 0 Å². The molecule has 3 aromatic carbocycles. The number of rotatable bonds is 5. The number of nitrogens with zero attached hydrogens (tertiary/aromatic N) is 2. The fourth-order valence-corrected chi connectivity index (χ4v) is 4.47. The van der Waals surface area contributed by atoms with E-state index in [1.807, 2.05) is 0 Å². The highest BCUT2D eigenvalue weighted by Gasteiger charge is 2.39. The monoisotopic (exact) mass is 564 g/mol. The van der Waals surface area contributed by atoms with Gasteiger partial charge in [-0.15, -0.1) is 0 Å². The average molecular weight is 565 g/mol. The first-order valence-electron chi connectivity index (χ1n) is 12.2. The topological polar surface area (TPSA) is 40.6 Å². The standard InChI is InChI=1S/C29H23F7N2O2/c30-24-9-6-19(7-10-24)8-11-26(39)37-12-13-38(25(18-37)14-20-4-2-1-3-5-20)27(40)21-15-22(28(31,32)33)17-23(16-21)29(34,35)36/h1-11,15-17,25H,12-14,18H2/b11-8+/t25-/m1/s1. The number of benzene rings is 3. The summed E-state index contributed by atoms with van der Waals surface area (Å²) in [5, 5.41) is 0. The molecule has 4 nitrogen and oxygen atoms in total. The molecule has 11 heteroatoms. The van der Waals surface area contributed by atoms with Crippen LogP contribution in [0.3, 0.4) is 0 Å². The van der Waals surface area contributed by atoms with Crippen molar-refractivity contribution in [2.24, 2.45) is 0 Å². The van der Waals surface area contributed by atoms with Crippen LogP contribution in [0.2, 0.25) is 0 Å². The van der Waals surface area contributed by atoms with Crippen molar-refractivity contribution >= 4 is 17.9 Å². The Morgan fingerprint density at radius 2 is 1.43 bits per heavy atom. The lowest BCUT2D eigenvalue weighted by Crippen LogP contribution is -2.57. The third-order valence-electron chi connectivity index (χ3n) is 6.49. The Balaban J connectivity index is 1.62. The van der Waals surface area contributed by atoms with Crippen molar-refractivity contribution in [1.82, 2.24) is 9.80 Å². The van der Waals surface area contributed by atoms with Crippen LogP contribution >= 0.6 is 0 Å². The van der Waals surface area contributed by atoms with Crippen LogP contribution in [0.15, 0.2) is 78.9 Å². The van der Waals surface area contributed by atoms with Gasteiger partial charge in [-0.2, -0.15) is 26.3 Å². The van der Waals surface area contributed by atoms with E-state index in [0.29, 0.717) is 17.7 Å². The third kappa shape index (κ3) is 7.08. The molecule has 1 atom stereocenters. The Labute approximate surface area is 225 Å². The van der Waals surface area contributed by atoms with Crippen molar-refractivity contribution in [3.8, 4) is 0 Å². The predicted octanol–water partition coefficient (Wildman–Crippen LogP) is 6.47. The first kappa shape index (κ1) is 28.8. The van der Waals surface area contributed by atoms with Crippen molar-refractivity contribution in [2.45, 2.75) is 24.8 Å². The second-order valence-electron chi connectivity index (χ2n) is 9.31. The van der Waals surface area contributed by atoms with Gasteiger partial charge in [-0.25, -0.2) is 4.39 Å². The third-order valence-corrected chi connectivity index (χ3v) is 6.49. The number of piperazine rings is 1. The normalized spacial score (nSPS) is 16.4. The summed E-state index contributed by atoms with van der Waals surface area (Å²) in [6, 6.07) is 14.3. The second-order valence-corrected chi connectivity index (χ2v) is 9.31. The van der Waals surface area contributed by atoms with E-state index in [9.17, 15) is 40.3 Å². The molecule has 0 radical (unpaired) electrons. The summed E-state index contributed by atoms with van der Waals surface area (Å²) in [7, 11) is 0. The molecule has 1 aliphatic rings. The Kier molecular flexibility index (Phi) is 8.32. The molecule has 1 aliphatic heterocycles.